The molecule has 2 rings (SSSR count). The summed E-state index contributed by atoms with van der Waals surface area (Å²) in [4.78, 5) is 1.19. The molecule has 0 saturated heterocycles. The molecule has 2 aromatic rings. The molecule has 1 aromatic carbocycles. The highest BCUT2D eigenvalue weighted by molar-refractivity contribution is 9.10. The molecule has 0 spiro atoms. The van der Waals surface area contributed by atoms with Gasteiger partial charge in [0.15, 0.2) is 0 Å². The SMILES string of the molecule is CSc1ccc(Br)cc1-c1cn[nH]c1N. The third-order valence-electron chi connectivity index (χ3n) is 2.12. The van der Waals surface area contributed by atoms with E-state index in [1.807, 2.05) is 18.4 Å². The number of nitrogens with zero attached hydrogens (tertiary/aromatic N) is 1. The highest BCUT2D eigenvalue weighted by Gasteiger charge is 2.09. The van der Waals surface area contributed by atoms with Gasteiger partial charge in [0.2, 0.25) is 0 Å². The molecule has 0 unspecified atom stereocenters. The van der Waals surface area contributed by atoms with E-state index in [9.17, 15) is 0 Å². The number of aromatic nitrogens is 2. The van der Waals surface area contributed by atoms with Crippen LogP contribution in [0.15, 0.2) is 33.8 Å². The number of aromatic amines is 1. The molecule has 1 aromatic heterocycles. The fraction of sp³-hybridized carbons (Fsp3) is 0.100. The van der Waals surface area contributed by atoms with Crippen molar-refractivity contribution in [2.45, 2.75) is 4.90 Å². The molecule has 0 aliphatic carbocycles. The van der Waals surface area contributed by atoms with Gasteiger partial charge in [-0.1, -0.05) is 15.9 Å². The molecule has 0 saturated carbocycles. The van der Waals surface area contributed by atoms with Gasteiger partial charge in [0.1, 0.15) is 5.82 Å². The number of halogens is 1. The summed E-state index contributed by atoms with van der Waals surface area (Å²) in [6, 6.07) is 6.13. The van der Waals surface area contributed by atoms with E-state index >= 15 is 0 Å². The molecule has 0 aliphatic heterocycles. The van der Waals surface area contributed by atoms with Crippen LogP contribution in [0.5, 0.6) is 0 Å². The highest BCUT2D eigenvalue weighted by atomic mass is 79.9. The van der Waals surface area contributed by atoms with Crippen molar-refractivity contribution in [1.82, 2.24) is 10.2 Å². The molecule has 3 N–H and O–H groups in total. The number of benzene rings is 1. The monoisotopic (exact) mass is 283 g/mol. The maximum Gasteiger partial charge on any atom is 0.126 e. The van der Waals surface area contributed by atoms with E-state index in [0.29, 0.717) is 5.82 Å². The van der Waals surface area contributed by atoms with Crippen molar-refractivity contribution in [3.63, 3.8) is 0 Å². The quantitative estimate of drug-likeness (QED) is 0.833. The number of H-pyrrole nitrogens is 1. The number of thioether (sulfide) groups is 1. The molecule has 0 aliphatic rings. The Morgan fingerprint density at radius 3 is 2.80 bits per heavy atom. The number of nitrogens with one attached hydrogen (secondary N) is 1. The lowest BCUT2D eigenvalue weighted by Crippen LogP contribution is -1.89. The second kappa shape index (κ2) is 4.28. The van der Waals surface area contributed by atoms with E-state index < -0.39 is 0 Å². The molecule has 3 nitrogen and oxygen atoms in total. The van der Waals surface area contributed by atoms with E-state index in [0.717, 1.165) is 15.6 Å². The Hall–Kier alpha value is -0.940. The minimum atomic E-state index is 0.600. The predicted octanol–water partition coefficient (Wildman–Crippen LogP) is 3.14. The van der Waals surface area contributed by atoms with Crippen LogP contribution in [0.1, 0.15) is 0 Å². The largest absolute Gasteiger partial charge is 0.384 e. The Balaban J connectivity index is 2.60. The number of nitrogens with two attached hydrogens (primary N) is 1. The fourth-order valence-electron chi connectivity index (χ4n) is 1.40. The molecule has 5 heteroatoms. The smallest absolute Gasteiger partial charge is 0.126 e. The third kappa shape index (κ3) is 2.03. The fourth-order valence-corrected chi connectivity index (χ4v) is 2.36. The van der Waals surface area contributed by atoms with Gasteiger partial charge < -0.3 is 5.73 Å². The maximum atomic E-state index is 5.80. The predicted molar refractivity (Wildman–Crippen MR) is 67.9 cm³/mol. The average molecular weight is 284 g/mol. The van der Waals surface area contributed by atoms with Crippen molar-refractivity contribution in [3.8, 4) is 11.1 Å². The van der Waals surface area contributed by atoms with Gasteiger partial charge in [-0.2, -0.15) is 5.10 Å². The Morgan fingerprint density at radius 2 is 2.20 bits per heavy atom. The van der Waals surface area contributed by atoms with Crippen LogP contribution in [-0.2, 0) is 0 Å². The molecule has 1 heterocycles. The van der Waals surface area contributed by atoms with E-state index in [4.69, 9.17) is 5.73 Å². The average Bonchev–Trinajstić information content (AvgIpc) is 2.64. The van der Waals surface area contributed by atoms with Crippen LogP contribution in [0, 0.1) is 0 Å². The van der Waals surface area contributed by atoms with E-state index in [1.165, 1.54) is 4.90 Å². The zero-order valence-electron chi connectivity index (χ0n) is 8.12. The van der Waals surface area contributed by atoms with Crippen LogP contribution >= 0.6 is 27.7 Å². The van der Waals surface area contributed by atoms with Crippen molar-refractivity contribution < 1.29 is 0 Å². The first-order valence-corrected chi connectivity index (χ1v) is 6.37. The summed E-state index contributed by atoms with van der Waals surface area (Å²) in [5, 5.41) is 6.67. The first kappa shape index (κ1) is 10.6. The normalized spacial score (nSPS) is 10.5. The number of hydrogen-bond donors (Lipinski definition) is 2. The van der Waals surface area contributed by atoms with E-state index in [1.54, 1.807) is 18.0 Å². The molecule has 0 atom stereocenters. The number of hydrogen-bond acceptors (Lipinski definition) is 3. The summed E-state index contributed by atoms with van der Waals surface area (Å²) < 4.78 is 1.04. The lowest BCUT2D eigenvalue weighted by Gasteiger charge is -2.06. The molecular weight excluding hydrogens is 274 g/mol. The highest BCUT2D eigenvalue weighted by Crippen LogP contribution is 2.34. The molecule has 15 heavy (non-hydrogen) atoms. The summed E-state index contributed by atoms with van der Waals surface area (Å²) in [6.07, 6.45) is 3.79. The Morgan fingerprint density at radius 1 is 1.40 bits per heavy atom. The summed E-state index contributed by atoms with van der Waals surface area (Å²) in [6.45, 7) is 0. The minimum absolute atomic E-state index is 0.600. The van der Waals surface area contributed by atoms with Crippen molar-refractivity contribution in [3.05, 3.63) is 28.9 Å². The van der Waals surface area contributed by atoms with Crippen LogP contribution in [0.4, 0.5) is 5.82 Å². The first-order valence-electron chi connectivity index (χ1n) is 4.35. The van der Waals surface area contributed by atoms with E-state index in [2.05, 4.69) is 32.2 Å². The third-order valence-corrected chi connectivity index (χ3v) is 3.41. The molecule has 0 radical (unpaired) electrons. The van der Waals surface area contributed by atoms with Gasteiger partial charge in [-0.3, -0.25) is 5.10 Å². The van der Waals surface area contributed by atoms with Crippen molar-refractivity contribution in [1.29, 1.82) is 0 Å². The van der Waals surface area contributed by atoms with Crippen LogP contribution in [0.25, 0.3) is 11.1 Å². The van der Waals surface area contributed by atoms with Gasteiger partial charge in [-0.25, -0.2) is 0 Å². The molecule has 78 valence electrons. The standard InChI is InChI=1S/C10H10BrN3S/c1-15-9-3-2-6(11)4-7(9)8-5-13-14-10(8)12/h2-5H,1H3,(H3,12,13,14). The Labute approximate surface area is 101 Å². The van der Waals surface area contributed by atoms with Gasteiger partial charge >= 0.3 is 0 Å². The second-order valence-electron chi connectivity index (χ2n) is 3.04. The summed E-state index contributed by atoms with van der Waals surface area (Å²) in [7, 11) is 0. The van der Waals surface area contributed by atoms with Crippen molar-refractivity contribution >= 4 is 33.5 Å². The Bertz CT molecular complexity index is 481. The van der Waals surface area contributed by atoms with Crippen LogP contribution in [0.3, 0.4) is 0 Å². The van der Waals surface area contributed by atoms with Gasteiger partial charge in [0, 0.05) is 20.5 Å². The zero-order valence-corrected chi connectivity index (χ0v) is 10.5. The molecule has 0 bridgehead atoms. The summed E-state index contributed by atoms with van der Waals surface area (Å²) in [5.74, 6) is 0.600. The first-order chi connectivity index (χ1) is 7.22. The lowest BCUT2D eigenvalue weighted by molar-refractivity contribution is 1.10. The maximum absolute atomic E-state index is 5.80. The topological polar surface area (TPSA) is 54.7 Å². The molecule has 0 fully saturated rings. The van der Waals surface area contributed by atoms with Crippen LogP contribution in [0.2, 0.25) is 0 Å². The lowest BCUT2D eigenvalue weighted by atomic mass is 10.1. The number of rotatable bonds is 2. The molecular formula is C10H10BrN3S. The van der Waals surface area contributed by atoms with Gasteiger partial charge in [-0.15, -0.1) is 11.8 Å². The number of nitrogen functional groups attached to an aromatic ring is 1. The Kier molecular flexibility index (Phi) is 3.02. The van der Waals surface area contributed by atoms with Gasteiger partial charge in [0.05, 0.1) is 6.20 Å². The van der Waals surface area contributed by atoms with Gasteiger partial charge in [-0.05, 0) is 24.5 Å². The van der Waals surface area contributed by atoms with Gasteiger partial charge in [0.25, 0.3) is 0 Å². The zero-order chi connectivity index (χ0) is 10.8. The summed E-state index contributed by atoms with van der Waals surface area (Å²) >= 11 is 5.15. The van der Waals surface area contributed by atoms with E-state index in [-0.39, 0.29) is 0 Å². The number of anilines is 1. The molecule has 0 amide bonds. The second-order valence-corrected chi connectivity index (χ2v) is 4.81. The minimum Gasteiger partial charge on any atom is -0.384 e. The van der Waals surface area contributed by atoms with Crippen LogP contribution in [-0.4, -0.2) is 16.5 Å². The van der Waals surface area contributed by atoms with Crippen LogP contribution < -0.4 is 5.73 Å². The summed E-state index contributed by atoms with van der Waals surface area (Å²) in [5.41, 5.74) is 7.85. The van der Waals surface area contributed by atoms with Crippen molar-refractivity contribution in [2.24, 2.45) is 0 Å². The van der Waals surface area contributed by atoms with Crippen molar-refractivity contribution in [2.75, 3.05) is 12.0 Å².